The molecule has 2 saturated heterocycles. The third-order valence-corrected chi connectivity index (χ3v) is 2.67. The molecule has 2 fully saturated rings. The summed E-state index contributed by atoms with van der Waals surface area (Å²) in [5, 5.41) is 0. The van der Waals surface area contributed by atoms with Crippen molar-refractivity contribution < 1.29 is 18.9 Å². The molecule has 4 nitrogen and oxygen atoms in total. The molecular formula is C8H13BO4. The van der Waals surface area contributed by atoms with Crippen molar-refractivity contribution in [2.75, 3.05) is 27.4 Å². The van der Waals surface area contributed by atoms with Gasteiger partial charge in [0, 0.05) is 20.2 Å². The lowest BCUT2D eigenvalue weighted by atomic mass is 9.92. The van der Waals surface area contributed by atoms with Crippen LogP contribution in [0.15, 0.2) is 0 Å². The minimum atomic E-state index is -0.492. The van der Waals surface area contributed by atoms with Gasteiger partial charge in [-0.05, 0) is 0 Å². The minimum Gasteiger partial charge on any atom is -0.381 e. The van der Waals surface area contributed by atoms with E-state index in [0.29, 0.717) is 13.2 Å². The van der Waals surface area contributed by atoms with Gasteiger partial charge in [-0.15, -0.1) is 0 Å². The van der Waals surface area contributed by atoms with E-state index in [-0.39, 0.29) is 12.2 Å². The van der Waals surface area contributed by atoms with Crippen molar-refractivity contribution >= 4 is 7.85 Å². The van der Waals surface area contributed by atoms with Crippen LogP contribution in [-0.2, 0) is 18.9 Å². The van der Waals surface area contributed by atoms with Crippen LogP contribution in [0.4, 0.5) is 0 Å². The van der Waals surface area contributed by atoms with Gasteiger partial charge in [-0.25, -0.2) is 0 Å². The zero-order chi connectivity index (χ0) is 9.47. The summed E-state index contributed by atoms with van der Waals surface area (Å²) < 4.78 is 21.5. The van der Waals surface area contributed by atoms with E-state index in [9.17, 15) is 0 Å². The molecule has 2 aliphatic rings. The smallest absolute Gasteiger partial charge is 0.143 e. The average Bonchev–Trinajstić information content (AvgIpc) is 2.55. The predicted molar refractivity (Wildman–Crippen MR) is 45.8 cm³/mol. The molecule has 4 atom stereocenters. The highest BCUT2D eigenvalue weighted by Gasteiger charge is 2.60. The number of hydrogen-bond donors (Lipinski definition) is 0. The van der Waals surface area contributed by atoms with Gasteiger partial charge < -0.3 is 18.9 Å². The number of methoxy groups -OCH3 is 2. The van der Waals surface area contributed by atoms with Gasteiger partial charge >= 0.3 is 0 Å². The SMILES string of the molecule is [B][C@@H]1O[C@]2(COC)CO[C@@H]1C2OC. The van der Waals surface area contributed by atoms with E-state index >= 15 is 0 Å². The monoisotopic (exact) mass is 184 g/mol. The average molecular weight is 184 g/mol. The second-order valence-electron chi connectivity index (χ2n) is 3.51. The predicted octanol–water partition coefficient (Wildman–Crippen LogP) is -0.690. The van der Waals surface area contributed by atoms with Crippen LogP contribution in [0.2, 0.25) is 0 Å². The van der Waals surface area contributed by atoms with Gasteiger partial charge in [0.15, 0.2) is 0 Å². The molecular weight excluding hydrogens is 171 g/mol. The molecule has 13 heavy (non-hydrogen) atoms. The summed E-state index contributed by atoms with van der Waals surface area (Å²) >= 11 is 0. The number of ether oxygens (including phenoxy) is 4. The molecule has 1 unspecified atom stereocenters. The van der Waals surface area contributed by atoms with Crippen LogP contribution in [0.3, 0.4) is 0 Å². The maximum atomic E-state index is 5.72. The summed E-state index contributed by atoms with van der Waals surface area (Å²) in [5.41, 5.74) is -0.492. The third-order valence-electron chi connectivity index (χ3n) is 2.67. The molecule has 0 spiro atoms. The Morgan fingerprint density at radius 3 is 2.85 bits per heavy atom. The summed E-state index contributed by atoms with van der Waals surface area (Å²) in [7, 11) is 8.98. The quantitative estimate of drug-likeness (QED) is 0.544. The Hall–Kier alpha value is -0.0951. The van der Waals surface area contributed by atoms with Crippen LogP contribution in [0.25, 0.3) is 0 Å². The van der Waals surface area contributed by atoms with E-state index in [1.807, 2.05) is 0 Å². The molecule has 2 aliphatic heterocycles. The molecule has 0 aromatic rings. The van der Waals surface area contributed by atoms with E-state index in [4.69, 9.17) is 26.8 Å². The first-order valence-electron chi connectivity index (χ1n) is 4.30. The summed E-state index contributed by atoms with van der Waals surface area (Å²) in [6.07, 6.45) is -0.261. The van der Waals surface area contributed by atoms with Crippen molar-refractivity contribution in [1.82, 2.24) is 0 Å². The van der Waals surface area contributed by atoms with Gasteiger partial charge in [-0.2, -0.15) is 0 Å². The Kier molecular flexibility index (Phi) is 2.36. The van der Waals surface area contributed by atoms with Gasteiger partial charge in [0.2, 0.25) is 0 Å². The summed E-state index contributed by atoms with van der Waals surface area (Å²) in [4.78, 5) is 0. The first-order valence-corrected chi connectivity index (χ1v) is 4.30. The molecule has 0 N–H and O–H groups in total. The molecule has 2 heterocycles. The van der Waals surface area contributed by atoms with Crippen LogP contribution in [0, 0.1) is 0 Å². The van der Waals surface area contributed by atoms with Gasteiger partial charge in [0.25, 0.3) is 0 Å². The van der Waals surface area contributed by atoms with Crippen molar-refractivity contribution in [3.63, 3.8) is 0 Å². The summed E-state index contributed by atoms with van der Waals surface area (Å²) in [6.45, 7) is 0.952. The topological polar surface area (TPSA) is 36.9 Å². The lowest BCUT2D eigenvalue weighted by Crippen LogP contribution is -2.45. The van der Waals surface area contributed by atoms with Crippen molar-refractivity contribution in [2.24, 2.45) is 0 Å². The number of hydrogen-bond acceptors (Lipinski definition) is 4. The van der Waals surface area contributed by atoms with Gasteiger partial charge in [-0.3, -0.25) is 0 Å². The Balaban J connectivity index is 2.17. The second kappa shape index (κ2) is 3.24. The van der Waals surface area contributed by atoms with E-state index < -0.39 is 11.6 Å². The maximum absolute atomic E-state index is 5.72. The van der Waals surface area contributed by atoms with E-state index in [1.165, 1.54) is 0 Å². The molecule has 0 amide bonds. The first kappa shape index (κ1) is 9.46. The fourth-order valence-electron chi connectivity index (χ4n) is 2.16. The van der Waals surface area contributed by atoms with Crippen LogP contribution >= 0.6 is 0 Å². The van der Waals surface area contributed by atoms with Crippen LogP contribution in [0.5, 0.6) is 0 Å². The van der Waals surface area contributed by atoms with Crippen LogP contribution < -0.4 is 0 Å². The Morgan fingerprint density at radius 2 is 2.31 bits per heavy atom. The van der Waals surface area contributed by atoms with Gasteiger partial charge in [0.05, 0.1) is 13.2 Å². The fraction of sp³-hybridized carbons (Fsp3) is 1.00. The standard InChI is InChI=1S/C8H13BO4/c1-10-3-8-4-12-5(6(8)11-2)7(9)13-8/h5-7H,3-4H2,1-2H3/t5-,6?,7-,8-/m1/s1. The number of rotatable bonds is 3. The van der Waals surface area contributed by atoms with E-state index in [1.54, 1.807) is 14.2 Å². The highest BCUT2D eigenvalue weighted by Crippen LogP contribution is 2.40. The summed E-state index contributed by atoms with van der Waals surface area (Å²) in [6, 6.07) is -0.395. The largest absolute Gasteiger partial charge is 0.381 e. The summed E-state index contributed by atoms with van der Waals surface area (Å²) in [5.74, 6) is 0. The minimum absolute atomic E-state index is 0.109. The van der Waals surface area contributed by atoms with E-state index in [0.717, 1.165) is 0 Å². The molecule has 5 heteroatoms. The zero-order valence-electron chi connectivity index (χ0n) is 7.86. The molecule has 2 rings (SSSR count). The van der Waals surface area contributed by atoms with Crippen molar-refractivity contribution in [1.29, 1.82) is 0 Å². The molecule has 0 aliphatic carbocycles. The number of fused-ring (bicyclic) bond motifs is 2. The first-order chi connectivity index (χ1) is 6.23. The lowest BCUT2D eigenvalue weighted by molar-refractivity contribution is -0.144. The van der Waals surface area contributed by atoms with E-state index in [2.05, 4.69) is 0 Å². The van der Waals surface area contributed by atoms with Gasteiger partial charge in [-0.1, -0.05) is 0 Å². The Bertz CT molecular complexity index is 201. The maximum Gasteiger partial charge on any atom is 0.143 e. The van der Waals surface area contributed by atoms with Crippen molar-refractivity contribution in [3.05, 3.63) is 0 Å². The molecule has 0 saturated carbocycles. The third kappa shape index (κ3) is 1.22. The zero-order valence-corrected chi connectivity index (χ0v) is 7.86. The van der Waals surface area contributed by atoms with Crippen molar-refractivity contribution in [3.8, 4) is 0 Å². The molecule has 0 aromatic heterocycles. The highest BCUT2D eigenvalue weighted by molar-refractivity contribution is 6.11. The van der Waals surface area contributed by atoms with Crippen LogP contribution in [-0.4, -0.2) is 59.1 Å². The van der Waals surface area contributed by atoms with Gasteiger partial charge in [0.1, 0.15) is 25.7 Å². The molecule has 0 aromatic carbocycles. The van der Waals surface area contributed by atoms with Crippen molar-refractivity contribution in [2.45, 2.75) is 23.8 Å². The van der Waals surface area contributed by atoms with Crippen LogP contribution in [0.1, 0.15) is 0 Å². The molecule has 72 valence electrons. The Morgan fingerprint density at radius 1 is 1.54 bits per heavy atom. The fourth-order valence-corrected chi connectivity index (χ4v) is 2.16. The lowest BCUT2D eigenvalue weighted by Gasteiger charge is -2.29. The second-order valence-corrected chi connectivity index (χ2v) is 3.51. The highest BCUT2D eigenvalue weighted by atomic mass is 16.7. The molecule has 2 radical (unpaired) electrons. The molecule has 2 bridgehead atoms. The normalized spacial score (nSPS) is 48.6. The Labute approximate surface area is 78.9 Å².